The Morgan fingerprint density at radius 3 is 2.95 bits per heavy atom. The van der Waals surface area contributed by atoms with Crippen LogP contribution in [0.1, 0.15) is 11.3 Å². The second kappa shape index (κ2) is 5.14. The molecule has 0 bridgehead atoms. The third-order valence-corrected chi connectivity index (χ3v) is 2.95. The molecule has 0 atom stereocenters. The van der Waals surface area contributed by atoms with Crippen LogP contribution in [0.5, 0.6) is 0 Å². The lowest BCUT2D eigenvalue weighted by Crippen LogP contribution is -2.12. The van der Waals surface area contributed by atoms with Crippen molar-refractivity contribution in [2.75, 3.05) is 10.7 Å². The summed E-state index contributed by atoms with van der Waals surface area (Å²) >= 11 is 0. The van der Waals surface area contributed by atoms with Gasteiger partial charge in [-0.15, -0.1) is 0 Å². The first-order chi connectivity index (χ1) is 9.76. The molecule has 0 radical (unpaired) electrons. The molecular formula is C13H15N7. The fourth-order valence-corrected chi connectivity index (χ4v) is 1.91. The van der Waals surface area contributed by atoms with E-state index in [1.54, 1.807) is 12.4 Å². The van der Waals surface area contributed by atoms with Gasteiger partial charge in [-0.1, -0.05) is 6.07 Å². The van der Waals surface area contributed by atoms with E-state index in [1.807, 2.05) is 35.9 Å². The zero-order valence-electron chi connectivity index (χ0n) is 11.0. The Morgan fingerprint density at radius 2 is 2.20 bits per heavy atom. The molecule has 0 aliphatic rings. The molecule has 7 heteroatoms. The van der Waals surface area contributed by atoms with Crippen molar-refractivity contribution in [3.63, 3.8) is 0 Å². The van der Waals surface area contributed by atoms with Gasteiger partial charge in [-0.05, 0) is 18.6 Å². The predicted octanol–water partition coefficient (Wildman–Crippen LogP) is 1.33. The van der Waals surface area contributed by atoms with Gasteiger partial charge in [0.2, 0.25) is 0 Å². The quantitative estimate of drug-likeness (QED) is 0.489. The molecule has 102 valence electrons. The van der Waals surface area contributed by atoms with Crippen molar-refractivity contribution in [1.29, 1.82) is 0 Å². The van der Waals surface area contributed by atoms with E-state index in [-0.39, 0.29) is 0 Å². The number of nitrogens with zero attached hydrogens (tertiary/aromatic N) is 4. The number of pyridine rings is 1. The number of hydrazine groups is 1. The van der Waals surface area contributed by atoms with Crippen molar-refractivity contribution < 1.29 is 0 Å². The van der Waals surface area contributed by atoms with E-state index in [4.69, 9.17) is 5.84 Å². The van der Waals surface area contributed by atoms with Crippen LogP contribution in [0.3, 0.4) is 0 Å². The van der Waals surface area contributed by atoms with Crippen molar-refractivity contribution in [1.82, 2.24) is 19.4 Å². The molecule has 0 saturated carbocycles. The molecular weight excluding hydrogens is 254 g/mol. The smallest absolute Gasteiger partial charge is 0.180 e. The number of hydrogen-bond acceptors (Lipinski definition) is 6. The van der Waals surface area contributed by atoms with Gasteiger partial charge in [-0.2, -0.15) is 0 Å². The minimum Gasteiger partial charge on any atom is -0.363 e. The average molecular weight is 269 g/mol. The highest BCUT2D eigenvalue weighted by molar-refractivity contribution is 5.65. The van der Waals surface area contributed by atoms with E-state index in [2.05, 4.69) is 25.7 Å². The molecule has 3 heterocycles. The van der Waals surface area contributed by atoms with Gasteiger partial charge >= 0.3 is 0 Å². The number of imidazole rings is 1. The number of nitrogens with one attached hydrogen (secondary N) is 2. The number of aromatic nitrogens is 4. The van der Waals surface area contributed by atoms with Crippen LogP contribution in [0.2, 0.25) is 0 Å². The standard InChI is InChI=1S/C13H15N7/c1-9-2-3-10(6-16-9)7-17-12-13-15-4-5-20(13)8-11(18-12)19-14/h2-6,8,19H,7,14H2,1H3,(H,17,18). The van der Waals surface area contributed by atoms with E-state index >= 15 is 0 Å². The summed E-state index contributed by atoms with van der Waals surface area (Å²) < 4.78 is 1.86. The summed E-state index contributed by atoms with van der Waals surface area (Å²) in [6.07, 6.45) is 7.18. The van der Waals surface area contributed by atoms with Crippen molar-refractivity contribution in [2.24, 2.45) is 5.84 Å². The molecule has 0 fully saturated rings. The fourth-order valence-electron chi connectivity index (χ4n) is 1.91. The SMILES string of the molecule is Cc1ccc(CNc2nc(NN)cn3ccnc23)cn1. The largest absolute Gasteiger partial charge is 0.363 e. The van der Waals surface area contributed by atoms with Crippen LogP contribution >= 0.6 is 0 Å². The third-order valence-electron chi connectivity index (χ3n) is 2.95. The second-order valence-corrected chi connectivity index (χ2v) is 4.44. The number of rotatable bonds is 4. The number of nitrogen functional groups attached to an aromatic ring is 1. The van der Waals surface area contributed by atoms with E-state index in [9.17, 15) is 0 Å². The fraction of sp³-hybridized carbons (Fsp3) is 0.154. The van der Waals surface area contributed by atoms with Crippen LogP contribution < -0.4 is 16.6 Å². The molecule has 20 heavy (non-hydrogen) atoms. The Balaban J connectivity index is 1.86. The Morgan fingerprint density at radius 1 is 1.30 bits per heavy atom. The lowest BCUT2D eigenvalue weighted by atomic mass is 10.2. The van der Waals surface area contributed by atoms with Gasteiger partial charge in [0.05, 0.1) is 6.20 Å². The van der Waals surface area contributed by atoms with Crippen LogP contribution in [0.25, 0.3) is 5.65 Å². The summed E-state index contributed by atoms with van der Waals surface area (Å²) in [4.78, 5) is 12.9. The first-order valence-electron chi connectivity index (χ1n) is 6.22. The van der Waals surface area contributed by atoms with Gasteiger partial charge < -0.3 is 15.1 Å². The maximum absolute atomic E-state index is 5.42. The highest BCUT2D eigenvalue weighted by atomic mass is 15.3. The average Bonchev–Trinajstić information content (AvgIpc) is 2.94. The van der Waals surface area contributed by atoms with E-state index in [1.165, 1.54) is 0 Å². The lowest BCUT2D eigenvalue weighted by molar-refractivity contribution is 1.04. The number of anilines is 2. The summed E-state index contributed by atoms with van der Waals surface area (Å²) in [7, 11) is 0. The van der Waals surface area contributed by atoms with Crippen LogP contribution in [0.4, 0.5) is 11.6 Å². The van der Waals surface area contributed by atoms with Gasteiger partial charge in [0.25, 0.3) is 0 Å². The molecule has 0 aliphatic heterocycles. The van der Waals surface area contributed by atoms with Gasteiger partial charge in [-0.3, -0.25) is 4.98 Å². The minimum absolute atomic E-state index is 0.569. The molecule has 7 nitrogen and oxygen atoms in total. The summed E-state index contributed by atoms with van der Waals surface area (Å²) in [5.74, 6) is 6.66. The zero-order chi connectivity index (χ0) is 13.9. The molecule has 3 aromatic rings. The highest BCUT2D eigenvalue weighted by Crippen LogP contribution is 2.16. The maximum Gasteiger partial charge on any atom is 0.180 e. The summed E-state index contributed by atoms with van der Waals surface area (Å²) in [6.45, 7) is 2.58. The van der Waals surface area contributed by atoms with Gasteiger partial charge in [0.15, 0.2) is 17.3 Å². The Labute approximate surface area is 115 Å². The first-order valence-corrected chi connectivity index (χ1v) is 6.22. The van der Waals surface area contributed by atoms with Crippen LogP contribution in [0.15, 0.2) is 36.9 Å². The topological polar surface area (TPSA) is 93.2 Å². The van der Waals surface area contributed by atoms with Gasteiger partial charge in [-0.25, -0.2) is 15.8 Å². The van der Waals surface area contributed by atoms with Gasteiger partial charge in [0, 0.05) is 30.8 Å². The maximum atomic E-state index is 5.42. The lowest BCUT2D eigenvalue weighted by Gasteiger charge is -2.09. The third kappa shape index (κ3) is 2.39. The molecule has 0 unspecified atom stereocenters. The Hall–Kier alpha value is -2.67. The van der Waals surface area contributed by atoms with Crippen molar-refractivity contribution in [3.8, 4) is 0 Å². The van der Waals surface area contributed by atoms with Crippen molar-refractivity contribution >= 4 is 17.3 Å². The van der Waals surface area contributed by atoms with Crippen LogP contribution in [0, 0.1) is 6.92 Å². The molecule has 0 aliphatic carbocycles. The molecule has 3 aromatic heterocycles. The Bertz CT molecular complexity index is 717. The summed E-state index contributed by atoms with van der Waals surface area (Å²) in [6, 6.07) is 4.01. The monoisotopic (exact) mass is 269 g/mol. The van der Waals surface area contributed by atoms with E-state index in [0.29, 0.717) is 18.2 Å². The Kier molecular flexibility index (Phi) is 3.18. The summed E-state index contributed by atoms with van der Waals surface area (Å²) in [5.41, 5.74) is 5.37. The molecule has 0 amide bonds. The first kappa shape index (κ1) is 12.4. The molecule has 0 aromatic carbocycles. The van der Waals surface area contributed by atoms with E-state index < -0.39 is 0 Å². The predicted molar refractivity (Wildman–Crippen MR) is 77.1 cm³/mol. The van der Waals surface area contributed by atoms with Crippen molar-refractivity contribution in [3.05, 3.63) is 48.2 Å². The number of fused-ring (bicyclic) bond motifs is 1. The van der Waals surface area contributed by atoms with Crippen LogP contribution in [-0.2, 0) is 6.54 Å². The number of hydrogen-bond donors (Lipinski definition) is 3. The normalized spacial score (nSPS) is 10.7. The minimum atomic E-state index is 0.569. The van der Waals surface area contributed by atoms with E-state index in [0.717, 1.165) is 16.9 Å². The van der Waals surface area contributed by atoms with Gasteiger partial charge in [0.1, 0.15) is 0 Å². The molecule has 4 N–H and O–H groups in total. The summed E-state index contributed by atoms with van der Waals surface area (Å²) in [5, 5.41) is 3.25. The number of aryl methyl sites for hydroxylation is 1. The molecule has 3 rings (SSSR count). The highest BCUT2D eigenvalue weighted by Gasteiger charge is 2.06. The second-order valence-electron chi connectivity index (χ2n) is 4.44. The van der Waals surface area contributed by atoms with Crippen LogP contribution in [-0.4, -0.2) is 19.4 Å². The van der Waals surface area contributed by atoms with Crippen molar-refractivity contribution in [2.45, 2.75) is 13.5 Å². The number of nitrogens with two attached hydrogens (primary N) is 1. The zero-order valence-corrected chi connectivity index (χ0v) is 11.0. The molecule has 0 spiro atoms. The molecule has 0 saturated heterocycles.